The number of halogens is 2. The smallest absolute Gasteiger partial charge is 0.325 e. The quantitative estimate of drug-likeness (QED) is 0.907. The van der Waals surface area contributed by atoms with Crippen LogP contribution in [0.2, 0.25) is 5.02 Å². The summed E-state index contributed by atoms with van der Waals surface area (Å²) in [5, 5.41) is 19.3. The number of aliphatic hydroxyl groups excluding tert-OH is 1. The second-order valence-corrected chi connectivity index (χ2v) is 5.98. The van der Waals surface area contributed by atoms with E-state index >= 15 is 0 Å². The number of rotatable bonds is 2. The number of alkyl halides is 1. The number of anilines is 1. The third kappa shape index (κ3) is 1.97. The first-order valence-electron chi connectivity index (χ1n) is 7.04. The number of benzene rings is 1. The highest BCUT2D eigenvalue weighted by Gasteiger charge is 2.52. The number of carbonyl (C=O) groups is 1. The van der Waals surface area contributed by atoms with E-state index in [0.29, 0.717) is 29.8 Å². The Balaban J connectivity index is 2.07. The van der Waals surface area contributed by atoms with Crippen LogP contribution >= 0.6 is 11.6 Å². The van der Waals surface area contributed by atoms with E-state index in [9.17, 15) is 14.3 Å². The number of nitriles is 1. The van der Waals surface area contributed by atoms with E-state index in [1.807, 2.05) is 6.07 Å². The molecule has 116 valence electrons. The Labute approximate surface area is 132 Å². The van der Waals surface area contributed by atoms with Crippen molar-refractivity contribution in [1.82, 2.24) is 4.90 Å². The van der Waals surface area contributed by atoms with Crippen LogP contribution in [0.15, 0.2) is 12.1 Å². The molecule has 3 rings (SSSR count). The molecule has 0 aliphatic carbocycles. The largest absolute Gasteiger partial charge is 0.391 e. The van der Waals surface area contributed by atoms with Crippen molar-refractivity contribution in [2.24, 2.45) is 0 Å². The fourth-order valence-electron chi connectivity index (χ4n) is 3.38. The third-order valence-corrected chi connectivity index (χ3v) is 4.98. The van der Waals surface area contributed by atoms with Crippen LogP contribution in [-0.2, 0) is 0 Å². The lowest BCUT2D eigenvalue weighted by molar-refractivity contribution is 0.125. The summed E-state index contributed by atoms with van der Waals surface area (Å²) >= 11 is 6.15. The van der Waals surface area contributed by atoms with E-state index in [1.165, 1.54) is 15.9 Å². The van der Waals surface area contributed by atoms with Crippen molar-refractivity contribution in [3.63, 3.8) is 0 Å². The van der Waals surface area contributed by atoms with E-state index in [4.69, 9.17) is 16.9 Å². The van der Waals surface area contributed by atoms with Crippen LogP contribution in [0, 0.1) is 18.3 Å². The highest BCUT2D eigenvalue weighted by molar-refractivity contribution is 6.33. The molecule has 2 heterocycles. The van der Waals surface area contributed by atoms with Crippen LogP contribution in [0.1, 0.15) is 17.5 Å². The van der Waals surface area contributed by atoms with Gasteiger partial charge < -0.3 is 10.0 Å². The van der Waals surface area contributed by atoms with Crippen molar-refractivity contribution in [3.05, 3.63) is 28.3 Å². The second kappa shape index (κ2) is 5.41. The number of urea groups is 1. The SMILES string of the molecule is Cc1c(N2C(=O)N3CC[C@H](O)C3C2CF)ccc(C#N)c1Cl. The first-order chi connectivity index (χ1) is 10.5. The van der Waals surface area contributed by atoms with Crippen molar-refractivity contribution in [2.45, 2.75) is 31.5 Å². The average Bonchev–Trinajstić information content (AvgIpc) is 3.01. The molecular formula is C15H15ClFN3O2. The molecule has 2 aliphatic heterocycles. The maximum Gasteiger partial charge on any atom is 0.325 e. The summed E-state index contributed by atoms with van der Waals surface area (Å²) in [6, 6.07) is 3.50. The fourth-order valence-corrected chi connectivity index (χ4v) is 3.59. The molecule has 3 atom stereocenters. The summed E-state index contributed by atoms with van der Waals surface area (Å²) in [6.45, 7) is 1.36. The van der Waals surface area contributed by atoms with Crippen LogP contribution in [-0.4, -0.2) is 47.4 Å². The standard InChI is InChI=1S/C15H15ClFN3O2/c1-8-10(3-2-9(7-18)13(8)16)20-11(6-17)14-12(21)4-5-19(14)15(20)22/h2-3,11-12,14,21H,4-6H2,1H3/t11?,12-,14?/m0/s1. The molecule has 2 aliphatic rings. The first kappa shape index (κ1) is 15.1. The van der Waals surface area contributed by atoms with Gasteiger partial charge in [0.15, 0.2) is 0 Å². The maximum atomic E-state index is 13.6. The van der Waals surface area contributed by atoms with E-state index in [0.717, 1.165) is 0 Å². The summed E-state index contributed by atoms with van der Waals surface area (Å²) in [4.78, 5) is 15.5. The third-order valence-electron chi connectivity index (χ3n) is 4.49. The van der Waals surface area contributed by atoms with Gasteiger partial charge in [0, 0.05) is 6.54 Å². The summed E-state index contributed by atoms with van der Waals surface area (Å²) < 4.78 is 13.6. The second-order valence-electron chi connectivity index (χ2n) is 5.60. The number of aliphatic hydroxyl groups is 1. The molecule has 2 unspecified atom stereocenters. The van der Waals surface area contributed by atoms with Crippen LogP contribution in [0.4, 0.5) is 14.9 Å². The Kier molecular flexibility index (Phi) is 3.71. The zero-order valence-corrected chi connectivity index (χ0v) is 12.7. The predicted molar refractivity (Wildman–Crippen MR) is 79.7 cm³/mol. The highest BCUT2D eigenvalue weighted by atomic mass is 35.5. The van der Waals surface area contributed by atoms with Crippen LogP contribution in [0.5, 0.6) is 0 Å². The van der Waals surface area contributed by atoms with Gasteiger partial charge in [-0.15, -0.1) is 0 Å². The summed E-state index contributed by atoms with van der Waals surface area (Å²) in [5.41, 5.74) is 1.35. The topological polar surface area (TPSA) is 67.6 Å². The lowest BCUT2D eigenvalue weighted by Crippen LogP contribution is -2.43. The maximum absolute atomic E-state index is 13.6. The van der Waals surface area contributed by atoms with Crippen molar-refractivity contribution in [1.29, 1.82) is 5.26 Å². The van der Waals surface area contributed by atoms with Gasteiger partial charge in [-0.05, 0) is 31.0 Å². The van der Waals surface area contributed by atoms with Gasteiger partial charge in [-0.2, -0.15) is 5.26 Å². The number of amides is 2. The normalized spacial score (nSPS) is 27.2. The Morgan fingerprint density at radius 2 is 2.27 bits per heavy atom. The van der Waals surface area contributed by atoms with Crippen molar-refractivity contribution < 1.29 is 14.3 Å². The molecule has 0 bridgehead atoms. The number of carbonyl (C=O) groups excluding carboxylic acids is 1. The Hall–Kier alpha value is -1.84. The van der Waals surface area contributed by atoms with Crippen LogP contribution in [0.25, 0.3) is 0 Å². The number of hydrogen-bond donors (Lipinski definition) is 1. The molecule has 22 heavy (non-hydrogen) atoms. The number of fused-ring (bicyclic) bond motifs is 1. The molecule has 0 aromatic heterocycles. The number of nitrogens with zero attached hydrogens (tertiary/aromatic N) is 3. The van der Waals surface area contributed by atoms with E-state index in [2.05, 4.69) is 0 Å². The van der Waals surface area contributed by atoms with Crippen LogP contribution < -0.4 is 4.90 Å². The molecule has 2 amide bonds. The molecular weight excluding hydrogens is 309 g/mol. The van der Waals surface area contributed by atoms with Gasteiger partial charge >= 0.3 is 6.03 Å². The van der Waals surface area contributed by atoms with Gasteiger partial charge in [0.2, 0.25) is 0 Å². The Morgan fingerprint density at radius 3 is 2.91 bits per heavy atom. The molecule has 2 fully saturated rings. The van der Waals surface area contributed by atoms with E-state index < -0.39 is 24.9 Å². The summed E-state index contributed by atoms with van der Waals surface area (Å²) in [5.74, 6) is 0. The lowest BCUT2D eigenvalue weighted by atomic mass is 10.0. The van der Waals surface area contributed by atoms with Crippen LogP contribution in [0.3, 0.4) is 0 Å². The van der Waals surface area contributed by atoms with E-state index in [1.54, 1.807) is 13.0 Å². The molecule has 0 spiro atoms. The minimum Gasteiger partial charge on any atom is -0.391 e. The molecule has 0 radical (unpaired) electrons. The zero-order chi connectivity index (χ0) is 16.0. The average molecular weight is 324 g/mol. The van der Waals surface area contributed by atoms with E-state index in [-0.39, 0.29) is 11.1 Å². The minimum absolute atomic E-state index is 0.262. The van der Waals surface area contributed by atoms with Gasteiger partial charge in [-0.3, -0.25) is 4.90 Å². The van der Waals surface area contributed by atoms with Gasteiger partial charge in [-0.1, -0.05) is 11.6 Å². The fraction of sp³-hybridized carbons (Fsp3) is 0.467. The predicted octanol–water partition coefficient (Wildman–Crippen LogP) is 2.23. The zero-order valence-electron chi connectivity index (χ0n) is 12.0. The molecule has 5 nitrogen and oxygen atoms in total. The Morgan fingerprint density at radius 1 is 1.55 bits per heavy atom. The van der Waals surface area contributed by atoms with Crippen molar-refractivity contribution >= 4 is 23.3 Å². The summed E-state index contributed by atoms with van der Waals surface area (Å²) in [7, 11) is 0. The highest BCUT2D eigenvalue weighted by Crippen LogP contribution is 2.39. The van der Waals surface area contributed by atoms with Crippen molar-refractivity contribution in [2.75, 3.05) is 18.1 Å². The number of hydrogen-bond acceptors (Lipinski definition) is 3. The van der Waals surface area contributed by atoms with Gasteiger partial charge in [0.25, 0.3) is 0 Å². The minimum atomic E-state index is -0.749. The lowest BCUT2D eigenvalue weighted by Gasteiger charge is -2.26. The molecule has 0 saturated carbocycles. The summed E-state index contributed by atoms with van der Waals surface area (Å²) in [6.07, 6.45) is -0.253. The van der Waals surface area contributed by atoms with Crippen molar-refractivity contribution in [3.8, 4) is 6.07 Å². The molecule has 1 aromatic carbocycles. The molecule has 2 saturated heterocycles. The first-order valence-corrected chi connectivity index (χ1v) is 7.42. The molecule has 7 heteroatoms. The van der Waals surface area contributed by atoms with Gasteiger partial charge in [0.05, 0.1) is 34.5 Å². The molecule has 1 N–H and O–H groups in total. The Bertz CT molecular complexity index is 675. The molecule has 1 aromatic rings. The monoisotopic (exact) mass is 323 g/mol. The van der Waals surface area contributed by atoms with Gasteiger partial charge in [-0.25, -0.2) is 9.18 Å². The van der Waals surface area contributed by atoms with Gasteiger partial charge in [0.1, 0.15) is 12.7 Å².